The zero-order valence-corrected chi connectivity index (χ0v) is 21.4. The Kier molecular flexibility index (Phi) is 7.10. The van der Waals surface area contributed by atoms with Gasteiger partial charge in [-0.25, -0.2) is 12.7 Å². The Bertz CT molecular complexity index is 1260. The lowest BCUT2D eigenvalue weighted by atomic mass is 10.00. The summed E-state index contributed by atoms with van der Waals surface area (Å²) in [5, 5.41) is 0.242. The maximum Gasteiger partial charge on any atom is 0.269 e. The van der Waals surface area contributed by atoms with Gasteiger partial charge in [0.25, 0.3) is 10.0 Å². The number of amides is 2. The SMILES string of the molecule is COc1ccc(Cl)cc1S(=O)(=O)N1CCC(=O)N2C1=CN(C(C)C)C(=O)C2CCc1ccccc1. The third kappa shape index (κ3) is 4.75. The number of carbonyl (C=O) groups is 2. The summed E-state index contributed by atoms with van der Waals surface area (Å²) in [6.07, 6.45) is 2.35. The van der Waals surface area contributed by atoms with Crippen LogP contribution >= 0.6 is 11.6 Å². The normalized spacial score (nSPS) is 18.6. The van der Waals surface area contributed by atoms with E-state index in [2.05, 4.69) is 0 Å². The fourth-order valence-electron chi connectivity index (χ4n) is 4.43. The second kappa shape index (κ2) is 9.91. The lowest BCUT2D eigenvalue weighted by molar-refractivity contribution is -0.148. The molecule has 0 aromatic heterocycles. The molecule has 10 heteroatoms. The number of rotatable bonds is 7. The van der Waals surface area contributed by atoms with Gasteiger partial charge in [-0.1, -0.05) is 41.9 Å². The molecule has 8 nitrogen and oxygen atoms in total. The van der Waals surface area contributed by atoms with E-state index in [1.807, 2.05) is 44.2 Å². The molecule has 2 aliphatic rings. The second-order valence-corrected chi connectivity index (χ2v) is 11.0. The molecule has 186 valence electrons. The molecule has 2 aromatic carbocycles. The van der Waals surface area contributed by atoms with Gasteiger partial charge in [-0.2, -0.15) is 0 Å². The molecule has 35 heavy (non-hydrogen) atoms. The van der Waals surface area contributed by atoms with E-state index in [9.17, 15) is 18.0 Å². The zero-order chi connectivity index (χ0) is 25.3. The van der Waals surface area contributed by atoms with Crippen LogP contribution in [-0.2, 0) is 26.0 Å². The third-order valence-corrected chi connectivity index (χ3v) is 8.26. The van der Waals surface area contributed by atoms with Gasteiger partial charge in [-0.05, 0) is 50.5 Å². The largest absolute Gasteiger partial charge is 0.495 e. The fourth-order valence-corrected chi connectivity index (χ4v) is 6.30. The topological polar surface area (TPSA) is 87.2 Å². The molecule has 2 heterocycles. The second-order valence-electron chi connectivity index (χ2n) is 8.75. The molecule has 0 radical (unpaired) electrons. The Balaban J connectivity index is 1.77. The minimum Gasteiger partial charge on any atom is -0.495 e. The highest BCUT2D eigenvalue weighted by Gasteiger charge is 2.47. The predicted octanol–water partition coefficient (Wildman–Crippen LogP) is 3.62. The highest BCUT2D eigenvalue weighted by atomic mass is 35.5. The lowest BCUT2D eigenvalue weighted by Gasteiger charge is -2.47. The third-order valence-electron chi connectivity index (χ3n) is 6.20. The average Bonchev–Trinajstić information content (AvgIpc) is 2.83. The minimum atomic E-state index is -4.15. The minimum absolute atomic E-state index is 0.0454. The molecule has 4 rings (SSSR count). The summed E-state index contributed by atoms with van der Waals surface area (Å²) in [5.41, 5.74) is 1.03. The number of fused-ring (bicyclic) bond motifs is 1. The number of nitrogens with zero attached hydrogens (tertiary/aromatic N) is 3. The molecule has 0 saturated carbocycles. The molecule has 0 bridgehead atoms. The molecular formula is C25H28ClN3O5S. The summed E-state index contributed by atoms with van der Waals surface area (Å²) < 4.78 is 34.1. The number of halogens is 1. The molecule has 1 unspecified atom stereocenters. The van der Waals surface area contributed by atoms with Crippen molar-refractivity contribution in [1.29, 1.82) is 0 Å². The van der Waals surface area contributed by atoms with Crippen molar-refractivity contribution >= 4 is 33.4 Å². The first-order chi connectivity index (χ1) is 16.6. The van der Waals surface area contributed by atoms with Crippen molar-refractivity contribution in [2.45, 2.75) is 50.1 Å². The van der Waals surface area contributed by atoms with Crippen molar-refractivity contribution in [2.24, 2.45) is 0 Å². The molecule has 1 saturated heterocycles. The zero-order valence-electron chi connectivity index (χ0n) is 19.8. The Morgan fingerprint density at radius 2 is 1.83 bits per heavy atom. The molecule has 0 aliphatic carbocycles. The van der Waals surface area contributed by atoms with Crippen LogP contribution in [0.3, 0.4) is 0 Å². The van der Waals surface area contributed by atoms with E-state index in [1.54, 1.807) is 6.07 Å². The van der Waals surface area contributed by atoms with Gasteiger partial charge in [0.2, 0.25) is 11.8 Å². The quantitative estimate of drug-likeness (QED) is 0.560. The highest BCUT2D eigenvalue weighted by Crippen LogP contribution is 2.37. The van der Waals surface area contributed by atoms with Crippen LogP contribution in [0, 0.1) is 0 Å². The van der Waals surface area contributed by atoms with Gasteiger partial charge in [-0.15, -0.1) is 0 Å². The Labute approximate surface area is 210 Å². The molecule has 0 spiro atoms. The molecule has 2 aromatic rings. The van der Waals surface area contributed by atoms with Crippen molar-refractivity contribution < 1.29 is 22.7 Å². The van der Waals surface area contributed by atoms with Crippen molar-refractivity contribution in [2.75, 3.05) is 13.7 Å². The number of methoxy groups -OCH3 is 1. The standard InChI is InChI=1S/C25H28ClN3O5S/c1-17(2)27-16-23-28(35(32,33)22-15-19(26)10-12-21(22)34-3)14-13-24(30)29(23)20(25(27)31)11-9-18-7-5-4-6-8-18/h4-8,10,12,15-17,20H,9,11,13-14H2,1-3H3. The van der Waals surface area contributed by atoms with Gasteiger partial charge in [0, 0.05) is 30.2 Å². The number of benzene rings is 2. The van der Waals surface area contributed by atoms with E-state index in [-0.39, 0.29) is 52.3 Å². The maximum atomic E-state index is 13.8. The van der Waals surface area contributed by atoms with Gasteiger partial charge >= 0.3 is 0 Å². The molecule has 2 aliphatic heterocycles. The first-order valence-electron chi connectivity index (χ1n) is 11.4. The number of sulfonamides is 1. The smallest absolute Gasteiger partial charge is 0.269 e. The first-order valence-corrected chi connectivity index (χ1v) is 13.2. The van der Waals surface area contributed by atoms with Gasteiger partial charge in [0.05, 0.1) is 7.11 Å². The van der Waals surface area contributed by atoms with Crippen LogP contribution in [-0.4, -0.2) is 60.1 Å². The van der Waals surface area contributed by atoms with Crippen molar-refractivity contribution in [1.82, 2.24) is 14.1 Å². The molecular weight excluding hydrogens is 490 g/mol. The van der Waals surface area contributed by atoms with Gasteiger partial charge in [0.15, 0.2) is 0 Å². The average molecular weight is 518 g/mol. The van der Waals surface area contributed by atoms with Crippen molar-refractivity contribution in [3.05, 3.63) is 71.1 Å². The number of hydrogen-bond donors (Lipinski definition) is 0. The summed E-state index contributed by atoms with van der Waals surface area (Å²) in [5.74, 6) is -0.204. The Morgan fingerprint density at radius 1 is 1.11 bits per heavy atom. The number of carbonyl (C=O) groups excluding carboxylic acids is 2. The van der Waals surface area contributed by atoms with E-state index in [4.69, 9.17) is 16.3 Å². The van der Waals surface area contributed by atoms with Crippen LogP contribution in [0.5, 0.6) is 5.75 Å². The number of hydrogen-bond acceptors (Lipinski definition) is 5. The lowest BCUT2D eigenvalue weighted by Crippen LogP contribution is -2.60. The summed E-state index contributed by atoms with van der Waals surface area (Å²) in [6, 6.07) is 13.0. The van der Waals surface area contributed by atoms with E-state index < -0.39 is 16.1 Å². The van der Waals surface area contributed by atoms with Crippen molar-refractivity contribution in [3.8, 4) is 5.75 Å². The van der Waals surface area contributed by atoms with Crippen LogP contribution in [0.25, 0.3) is 0 Å². The van der Waals surface area contributed by atoms with Crippen LogP contribution in [0.2, 0.25) is 5.02 Å². The molecule has 1 fully saturated rings. The number of aryl methyl sites for hydroxylation is 1. The first kappa shape index (κ1) is 25.1. The summed E-state index contributed by atoms with van der Waals surface area (Å²) >= 11 is 6.12. The van der Waals surface area contributed by atoms with Gasteiger partial charge in [0.1, 0.15) is 22.5 Å². The van der Waals surface area contributed by atoms with Crippen LogP contribution in [0.4, 0.5) is 0 Å². The Hall–Kier alpha value is -3.04. The summed E-state index contributed by atoms with van der Waals surface area (Å²) in [6.45, 7) is 3.65. The number of ether oxygens (including phenoxy) is 1. The molecule has 1 atom stereocenters. The predicted molar refractivity (Wildman–Crippen MR) is 132 cm³/mol. The van der Waals surface area contributed by atoms with E-state index in [0.29, 0.717) is 12.8 Å². The van der Waals surface area contributed by atoms with Crippen LogP contribution in [0.15, 0.2) is 65.4 Å². The highest BCUT2D eigenvalue weighted by molar-refractivity contribution is 7.89. The molecule has 0 N–H and O–H groups in total. The van der Waals surface area contributed by atoms with Crippen LogP contribution in [0.1, 0.15) is 32.3 Å². The maximum absolute atomic E-state index is 13.8. The summed E-state index contributed by atoms with van der Waals surface area (Å²) in [4.78, 5) is 29.3. The van der Waals surface area contributed by atoms with E-state index >= 15 is 0 Å². The monoisotopic (exact) mass is 517 g/mol. The van der Waals surface area contributed by atoms with Gasteiger partial charge in [-0.3, -0.25) is 14.5 Å². The van der Waals surface area contributed by atoms with E-state index in [0.717, 1.165) is 5.56 Å². The Morgan fingerprint density at radius 3 is 2.49 bits per heavy atom. The molecule has 2 amide bonds. The van der Waals surface area contributed by atoms with Crippen molar-refractivity contribution in [3.63, 3.8) is 0 Å². The van der Waals surface area contributed by atoms with Gasteiger partial charge < -0.3 is 9.64 Å². The fraction of sp³-hybridized carbons (Fsp3) is 0.360. The summed E-state index contributed by atoms with van der Waals surface area (Å²) in [7, 11) is -2.77. The van der Waals surface area contributed by atoms with Crippen LogP contribution < -0.4 is 4.74 Å². The van der Waals surface area contributed by atoms with E-state index in [1.165, 1.54) is 39.5 Å².